The molecule has 0 aliphatic carbocycles. The van der Waals surface area contributed by atoms with E-state index in [2.05, 4.69) is 10.5 Å². The SMILES string of the molecule is O=C(N/N=C/c1ccccc1OCCOc1ccc([N+](=O)[O-])cc1)c1ccccc1. The van der Waals surface area contributed by atoms with Crippen molar-refractivity contribution in [2.75, 3.05) is 13.2 Å². The van der Waals surface area contributed by atoms with Crippen LogP contribution in [0.2, 0.25) is 0 Å². The van der Waals surface area contributed by atoms with E-state index in [-0.39, 0.29) is 24.8 Å². The number of rotatable bonds is 9. The van der Waals surface area contributed by atoms with E-state index < -0.39 is 4.92 Å². The Morgan fingerprint density at radius 1 is 0.933 bits per heavy atom. The Hall–Kier alpha value is -4.20. The highest BCUT2D eigenvalue weighted by atomic mass is 16.6. The van der Waals surface area contributed by atoms with Gasteiger partial charge in [0.2, 0.25) is 0 Å². The van der Waals surface area contributed by atoms with Crippen LogP contribution in [0.5, 0.6) is 11.5 Å². The van der Waals surface area contributed by atoms with E-state index in [9.17, 15) is 14.9 Å². The molecule has 0 atom stereocenters. The van der Waals surface area contributed by atoms with Gasteiger partial charge in [-0.15, -0.1) is 0 Å². The summed E-state index contributed by atoms with van der Waals surface area (Å²) in [6.07, 6.45) is 1.51. The fourth-order valence-corrected chi connectivity index (χ4v) is 2.51. The minimum atomic E-state index is -0.465. The van der Waals surface area contributed by atoms with Crippen molar-refractivity contribution in [1.29, 1.82) is 0 Å². The first kappa shape index (κ1) is 20.5. The molecule has 3 aromatic carbocycles. The van der Waals surface area contributed by atoms with Crippen molar-refractivity contribution in [3.8, 4) is 11.5 Å². The molecule has 0 aliphatic heterocycles. The van der Waals surface area contributed by atoms with E-state index in [0.717, 1.165) is 0 Å². The van der Waals surface area contributed by atoms with Crippen LogP contribution in [0.25, 0.3) is 0 Å². The van der Waals surface area contributed by atoms with Gasteiger partial charge >= 0.3 is 0 Å². The van der Waals surface area contributed by atoms with Gasteiger partial charge in [-0.25, -0.2) is 5.43 Å². The second kappa shape index (κ2) is 10.4. The smallest absolute Gasteiger partial charge is 0.271 e. The van der Waals surface area contributed by atoms with E-state index in [1.54, 1.807) is 30.3 Å². The van der Waals surface area contributed by atoms with Crippen LogP contribution in [0.15, 0.2) is 84.0 Å². The largest absolute Gasteiger partial charge is 0.490 e. The minimum Gasteiger partial charge on any atom is -0.490 e. The second-order valence-corrected chi connectivity index (χ2v) is 6.05. The van der Waals surface area contributed by atoms with Crippen molar-refractivity contribution in [1.82, 2.24) is 5.43 Å². The summed E-state index contributed by atoms with van der Waals surface area (Å²) in [5.74, 6) is 0.798. The molecule has 152 valence electrons. The third kappa shape index (κ3) is 5.90. The van der Waals surface area contributed by atoms with Crippen molar-refractivity contribution in [2.45, 2.75) is 0 Å². The van der Waals surface area contributed by atoms with Gasteiger partial charge in [0.05, 0.1) is 11.1 Å². The number of para-hydroxylation sites is 1. The van der Waals surface area contributed by atoms with Gasteiger partial charge in [-0.05, 0) is 36.4 Å². The zero-order valence-electron chi connectivity index (χ0n) is 15.9. The van der Waals surface area contributed by atoms with Gasteiger partial charge in [-0.3, -0.25) is 14.9 Å². The summed E-state index contributed by atoms with van der Waals surface area (Å²) in [7, 11) is 0. The number of carbonyl (C=O) groups is 1. The number of amides is 1. The van der Waals surface area contributed by atoms with Gasteiger partial charge in [0.15, 0.2) is 0 Å². The number of nitro groups is 1. The standard InChI is InChI=1S/C22H19N3O5/c26-22(17-6-2-1-3-7-17)24-23-16-18-8-4-5-9-21(18)30-15-14-29-20-12-10-19(11-13-20)25(27)28/h1-13,16H,14-15H2,(H,24,26)/b23-16+. The molecule has 0 heterocycles. The number of hydrogen-bond acceptors (Lipinski definition) is 6. The Kier molecular flexibility index (Phi) is 7.10. The summed E-state index contributed by atoms with van der Waals surface area (Å²) in [6, 6.07) is 21.9. The van der Waals surface area contributed by atoms with Crippen molar-refractivity contribution < 1.29 is 19.2 Å². The van der Waals surface area contributed by atoms with E-state index in [4.69, 9.17) is 9.47 Å². The molecule has 0 aliphatic rings. The lowest BCUT2D eigenvalue weighted by atomic mass is 10.2. The Balaban J connectivity index is 1.50. The fraction of sp³-hybridized carbons (Fsp3) is 0.0909. The van der Waals surface area contributed by atoms with Gasteiger partial charge in [-0.2, -0.15) is 5.10 Å². The zero-order chi connectivity index (χ0) is 21.2. The molecule has 0 unspecified atom stereocenters. The van der Waals surface area contributed by atoms with Crippen molar-refractivity contribution in [3.05, 3.63) is 100 Å². The van der Waals surface area contributed by atoms with Gasteiger partial charge in [0.1, 0.15) is 24.7 Å². The molecule has 1 amide bonds. The molecule has 3 aromatic rings. The summed E-state index contributed by atoms with van der Waals surface area (Å²) in [6.45, 7) is 0.520. The summed E-state index contributed by atoms with van der Waals surface area (Å²) in [5.41, 5.74) is 3.70. The summed E-state index contributed by atoms with van der Waals surface area (Å²) >= 11 is 0. The van der Waals surface area contributed by atoms with Crippen molar-refractivity contribution in [2.24, 2.45) is 5.10 Å². The van der Waals surface area contributed by atoms with Crippen LogP contribution in [0.3, 0.4) is 0 Å². The lowest BCUT2D eigenvalue weighted by molar-refractivity contribution is -0.384. The number of non-ortho nitro benzene ring substituents is 1. The third-order valence-electron chi connectivity index (χ3n) is 3.98. The zero-order valence-corrected chi connectivity index (χ0v) is 15.9. The number of hydrazone groups is 1. The predicted molar refractivity (Wildman–Crippen MR) is 112 cm³/mol. The molecule has 0 spiro atoms. The summed E-state index contributed by atoms with van der Waals surface area (Å²) in [4.78, 5) is 22.2. The topological polar surface area (TPSA) is 103 Å². The number of ether oxygens (including phenoxy) is 2. The third-order valence-corrected chi connectivity index (χ3v) is 3.98. The number of nitrogens with one attached hydrogen (secondary N) is 1. The molecule has 0 aromatic heterocycles. The number of nitrogens with zero attached hydrogens (tertiary/aromatic N) is 2. The maximum absolute atomic E-state index is 12.0. The van der Waals surface area contributed by atoms with Crippen LogP contribution in [0, 0.1) is 10.1 Å². The van der Waals surface area contributed by atoms with Gasteiger partial charge < -0.3 is 9.47 Å². The summed E-state index contributed by atoms with van der Waals surface area (Å²) < 4.78 is 11.3. The summed E-state index contributed by atoms with van der Waals surface area (Å²) in [5, 5.41) is 14.6. The molecule has 0 saturated heterocycles. The molecule has 3 rings (SSSR count). The first-order valence-electron chi connectivity index (χ1n) is 9.11. The molecule has 8 nitrogen and oxygen atoms in total. The molecule has 0 saturated carbocycles. The molecular formula is C22H19N3O5. The molecule has 8 heteroatoms. The predicted octanol–water partition coefficient (Wildman–Crippen LogP) is 3.82. The first-order chi connectivity index (χ1) is 14.6. The van der Waals surface area contributed by atoms with E-state index in [1.807, 2.05) is 24.3 Å². The number of benzene rings is 3. The highest BCUT2D eigenvalue weighted by molar-refractivity contribution is 5.95. The maximum Gasteiger partial charge on any atom is 0.271 e. The fourth-order valence-electron chi connectivity index (χ4n) is 2.51. The lowest BCUT2D eigenvalue weighted by Crippen LogP contribution is -2.17. The first-order valence-corrected chi connectivity index (χ1v) is 9.11. The monoisotopic (exact) mass is 405 g/mol. The average Bonchev–Trinajstić information content (AvgIpc) is 2.78. The molecule has 0 radical (unpaired) electrons. The van der Waals surface area contributed by atoms with Crippen molar-refractivity contribution in [3.63, 3.8) is 0 Å². The van der Waals surface area contributed by atoms with E-state index >= 15 is 0 Å². The quantitative estimate of drug-likeness (QED) is 0.252. The van der Waals surface area contributed by atoms with Gasteiger partial charge in [0.25, 0.3) is 11.6 Å². The Morgan fingerprint density at radius 3 is 2.33 bits per heavy atom. The number of hydrogen-bond donors (Lipinski definition) is 1. The molecule has 1 N–H and O–H groups in total. The van der Waals surface area contributed by atoms with Gasteiger partial charge in [-0.1, -0.05) is 30.3 Å². The minimum absolute atomic E-state index is 0.00571. The van der Waals surface area contributed by atoms with Crippen LogP contribution < -0.4 is 14.9 Å². The van der Waals surface area contributed by atoms with Crippen LogP contribution in [-0.4, -0.2) is 30.3 Å². The highest BCUT2D eigenvalue weighted by Gasteiger charge is 2.06. The van der Waals surface area contributed by atoms with Crippen LogP contribution in [-0.2, 0) is 0 Å². The number of carbonyl (C=O) groups excluding carboxylic acids is 1. The highest BCUT2D eigenvalue weighted by Crippen LogP contribution is 2.18. The van der Waals surface area contributed by atoms with Gasteiger partial charge in [0, 0.05) is 23.3 Å². The van der Waals surface area contributed by atoms with E-state index in [1.165, 1.54) is 30.5 Å². The maximum atomic E-state index is 12.0. The molecular weight excluding hydrogens is 386 g/mol. The Labute approximate surface area is 172 Å². The average molecular weight is 405 g/mol. The Morgan fingerprint density at radius 2 is 1.60 bits per heavy atom. The number of nitro benzene ring substituents is 1. The molecule has 0 fully saturated rings. The van der Waals surface area contributed by atoms with Crippen LogP contribution in [0.1, 0.15) is 15.9 Å². The van der Waals surface area contributed by atoms with E-state index in [0.29, 0.717) is 22.6 Å². The molecule has 0 bridgehead atoms. The normalized spacial score (nSPS) is 10.5. The van der Waals surface area contributed by atoms with Crippen LogP contribution in [0.4, 0.5) is 5.69 Å². The van der Waals surface area contributed by atoms with Crippen LogP contribution >= 0.6 is 0 Å². The second-order valence-electron chi connectivity index (χ2n) is 6.05. The molecule has 30 heavy (non-hydrogen) atoms. The lowest BCUT2D eigenvalue weighted by Gasteiger charge is -2.10. The van der Waals surface area contributed by atoms with Crippen molar-refractivity contribution >= 4 is 17.8 Å². The Bertz CT molecular complexity index is 1020.